The predicted octanol–water partition coefficient (Wildman–Crippen LogP) is 4.16. The van der Waals surface area contributed by atoms with Gasteiger partial charge in [-0.05, 0) is 24.6 Å². The molecule has 0 radical (unpaired) electrons. The van der Waals surface area contributed by atoms with Gasteiger partial charge in [0.2, 0.25) is 0 Å². The number of carbonyl (C=O) groups is 1. The Morgan fingerprint density at radius 3 is 2.43 bits per heavy atom. The van der Waals surface area contributed by atoms with Gasteiger partial charge in [0, 0.05) is 17.3 Å². The molecule has 2 aromatic carbocycles. The summed E-state index contributed by atoms with van der Waals surface area (Å²) in [5, 5.41) is 9.33. The van der Waals surface area contributed by atoms with Crippen LogP contribution in [0, 0.1) is 18.3 Å². The highest BCUT2D eigenvalue weighted by Gasteiger charge is 2.19. The molecular weight excluding hydrogens is 284 g/mol. The minimum atomic E-state index is -0.0843. The van der Waals surface area contributed by atoms with Gasteiger partial charge in [0.05, 0.1) is 22.9 Å². The number of hydrogen-bond donors (Lipinski definition) is 0. The zero-order valence-electron chi connectivity index (χ0n) is 12.7. The number of nitriles is 1. The van der Waals surface area contributed by atoms with E-state index in [2.05, 4.69) is 11.1 Å². The smallest absolute Gasteiger partial charge is 0.195 e. The number of aryl methyl sites for hydroxylation is 1. The Morgan fingerprint density at radius 1 is 1.00 bits per heavy atom. The molecule has 1 heterocycles. The molecule has 1 aromatic heterocycles. The number of nitrogens with zero attached hydrogens (tertiary/aromatic N) is 2. The predicted molar refractivity (Wildman–Crippen MR) is 89.0 cm³/mol. The monoisotopic (exact) mass is 298 g/mol. The zero-order valence-corrected chi connectivity index (χ0v) is 12.7. The minimum absolute atomic E-state index is 0.0843. The molecule has 110 valence electrons. The van der Waals surface area contributed by atoms with Gasteiger partial charge in [0.15, 0.2) is 5.78 Å². The summed E-state index contributed by atoms with van der Waals surface area (Å²) >= 11 is 0. The molecular formula is C20H14N2O. The molecule has 0 N–H and O–H groups in total. The third-order valence-electron chi connectivity index (χ3n) is 3.72. The summed E-state index contributed by atoms with van der Waals surface area (Å²) in [5.41, 5.74) is 3.74. The van der Waals surface area contributed by atoms with E-state index in [4.69, 9.17) is 0 Å². The van der Waals surface area contributed by atoms with Crippen LogP contribution in [0.2, 0.25) is 0 Å². The second kappa shape index (κ2) is 6.25. The second-order valence-electron chi connectivity index (χ2n) is 5.20. The van der Waals surface area contributed by atoms with Crippen molar-refractivity contribution in [3.05, 3.63) is 89.1 Å². The van der Waals surface area contributed by atoms with Crippen molar-refractivity contribution in [2.45, 2.75) is 6.92 Å². The topological polar surface area (TPSA) is 53.8 Å². The van der Waals surface area contributed by atoms with Gasteiger partial charge in [0.1, 0.15) is 0 Å². The van der Waals surface area contributed by atoms with E-state index in [-0.39, 0.29) is 5.78 Å². The maximum Gasteiger partial charge on any atom is 0.195 e. The molecule has 3 aromatic rings. The van der Waals surface area contributed by atoms with E-state index in [1.165, 1.54) is 0 Å². The van der Waals surface area contributed by atoms with E-state index in [1.54, 1.807) is 30.5 Å². The fourth-order valence-corrected chi connectivity index (χ4v) is 2.57. The fourth-order valence-electron chi connectivity index (χ4n) is 2.57. The van der Waals surface area contributed by atoms with Crippen LogP contribution < -0.4 is 0 Å². The third kappa shape index (κ3) is 2.75. The van der Waals surface area contributed by atoms with Crippen LogP contribution in [0.1, 0.15) is 27.0 Å². The maximum absolute atomic E-state index is 12.9. The number of rotatable bonds is 3. The standard InChI is InChI=1S/C20H14N2O/c1-14-11-12-22-19(17-10-6-5-9-16(17)13-21)18(14)20(23)15-7-3-2-4-8-15/h2-12H,1H3. The molecule has 0 saturated carbocycles. The SMILES string of the molecule is Cc1ccnc(-c2ccccc2C#N)c1C(=O)c1ccccc1. The van der Waals surface area contributed by atoms with Crippen LogP contribution in [0.5, 0.6) is 0 Å². The molecule has 0 spiro atoms. The normalized spacial score (nSPS) is 10.1. The summed E-state index contributed by atoms with van der Waals surface area (Å²) in [6.45, 7) is 1.89. The van der Waals surface area contributed by atoms with Gasteiger partial charge in [-0.25, -0.2) is 0 Å². The van der Waals surface area contributed by atoms with Crippen molar-refractivity contribution in [3.63, 3.8) is 0 Å². The van der Waals surface area contributed by atoms with Crippen LogP contribution in [-0.4, -0.2) is 10.8 Å². The molecule has 0 amide bonds. The van der Waals surface area contributed by atoms with Crippen molar-refractivity contribution in [2.75, 3.05) is 0 Å². The van der Waals surface area contributed by atoms with Gasteiger partial charge >= 0.3 is 0 Å². The average Bonchev–Trinajstić information content (AvgIpc) is 2.61. The van der Waals surface area contributed by atoms with Gasteiger partial charge in [-0.1, -0.05) is 48.5 Å². The van der Waals surface area contributed by atoms with E-state index in [0.29, 0.717) is 27.9 Å². The summed E-state index contributed by atoms with van der Waals surface area (Å²) < 4.78 is 0. The first-order valence-electron chi connectivity index (χ1n) is 7.27. The average molecular weight is 298 g/mol. The van der Waals surface area contributed by atoms with Crippen LogP contribution in [-0.2, 0) is 0 Å². The van der Waals surface area contributed by atoms with Crippen molar-refractivity contribution >= 4 is 5.78 Å². The van der Waals surface area contributed by atoms with Gasteiger partial charge < -0.3 is 0 Å². The van der Waals surface area contributed by atoms with Gasteiger partial charge in [-0.15, -0.1) is 0 Å². The summed E-state index contributed by atoms with van der Waals surface area (Å²) in [6, 6.07) is 20.3. The zero-order chi connectivity index (χ0) is 16.2. The molecule has 0 unspecified atom stereocenters. The quantitative estimate of drug-likeness (QED) is 0.682. The van der Waals surface area contributed by atoms with E-state index in [1.807, 2.05) is 43.3 Å². The van der Waals surface area contributed by atoms with Crippen LogP contribution in [0.15, 0.2) is 66.9 Å². The Morgan fingerprint density at radius 2 is 1.70 bits per heavy atom. The molecule has 0 aliphatic carbocycles. The van der Waals surface area contributed by atoms with Crippen molar-refractivity contribution in [2.24, 2.45) is 0 Å². The number of benzene rings is 2. The van der Waals surface area contributed by atoms with Gasteiger partial charge in [0.25, 0.3) is 0 Å². The number of ketones is 1. The molecule has 0 bridgehead atoms. The van der Waals surface area contributed by atoms with Crippen LogP contribution >= 0.6 is 0 Å². The Kier molecular flexibility index (Phi) is 3.99. The molecule has 0 saturated heterocycles. The van der Waals surface area contributed by atoms with Crippen LogP contribution in [0.3, 0.4) is 0 Å². The first-order chi connectivity index (χ1) is 11.2. The van der Waals surface area contributed by atoms with Crippen molar-refractivity contribution < 1.29 is 4.79 Å². The molecule has 23 heavy (non-hydrogen) atoms. The second-order valence-corrected chi connectivity index (χ2v) is 5.20. The lowest BCUT2D eigenvalue weighted by molar-refractivity contribution is 0.103. The van der Waals surface area contributed by atoms with Crippen molar-refractivity contribution in [1.29, 1.82) is 5.26 Å². The lowest BCUT2D eigenvalue weighted by atomic mass is 9.93. The number of pyridine rings is 1. The molecule has 0 aliphatic rings. The van der Waals surface area contributed by atoms with E-state index >= 15 is 0 Å². The molecule has 0 aliphatic heterocycles. The molecule has 3 rings (SSSR count). The highest BCUT2D eigenvalue weighted by atomic mass is 16.1. The Hall–Kier alpha value is -3.25. The lowest BCUT2D eigenvalue weighted by Gasteiger charge is -2.12. The molecule has 3 heteroatoms. The molecule has 0 atom stereocenters. The lowest BCUT2D eigenvalue weighted by Crippen LogP contribution is -2.08. The Labute approximate surface area is 134 Å². The maximum atomic E-state index is 12.9. The third-order valence-corrected chi connectivity index (χ3v) is 3.72. The highest BCUT2D eigenvalue weighted by Crippen LogP contribution is 2.28. The Bertz CT molecular complexity index is 908. The van der Waals surface area contributed by atoms with Crippen LogP contribution in [0.4, 0.5) is 0 Å². The van der Waals surface area contributed by atoms with Crippen molar-refractivity contribution in [1.82, 2.24) is 4.98 Å². The largest absolute Gasteiger partial charge is 0.289 e. The summed E-state index contributed by atoms with van der Waals surface area (Å²) in [6.07, 6.45) is 1.67. The number of carbonyl (C=O) groups excluding carboxylic acids is 1. The minimum Gasteiger partial charge on any atom is -0.289 e. The summed E-state index contributed by atoms with van der Waals surface area (Å²) in [4.78, 5) is 17.3. The first kappa shape index (κ1) is 14.7. The highest BCUT2D eigenvalue weighted by molar-refractivity contribution is 6.13. The van der Waals surface area contributed by atoms with Gasteiger partial charge in [-0.3, -0.25) is 9.78 Å². The molecule has 3 nitrogen and oxygen atoms in total. The van der Waals surface area contributed by atoms with E-state index < -0.39 is 0 Å². The summed E-state index contributed by atoms with van der Waals surface area (Å²) in [7, 11) is 0. The Balaban J connectivity index is 2.23. The van der Waals surface area contributed by atoms with E-state index in [0.717, 1.165) is 5.56 Å². The van der Waals surface area contributed by atoms with Crippen molar-refractivity contribution in [3.8, 4) is 17.3 Å². The first-order valence-corrected chi connectivity index (χ1v) is 7.27. The van der Waals surface area contributed by atoms with Gasteiger partial charge in [-0.2, -0.15) is 5.26 Å². The molecule has 0 fully saturated rings. The summed E-state index contributed by atoms with van der Waals surface area (Å²) in [5.74, 6) is -0.0843. The number of aromatic nitrogens is 1. The van der Waals surface area contributed by atoms with E-state index in [9.17, 15) is 10.1 Å². The number of hydrogen-bond acceptors (Lipinski definition) is 3. The van der Waals surface area contributed by atoms with Crippen LogP contribution in [0.25, 0.3) is 11.3 Å². The fraction of sp³-hybridized carbons (Fsp3) is 0.0500.